The van der Waals surface area contributed by atoms with E-state index in [1.165, 1.54) is 49.3 Å². The van der Waals surface area contributed by atoms with E-state index in [1.54, 1.807) is 13.0 Å². The molecule has 2 fully saturated rings. The molecule has 5 N–H and O–H groups in total. The summed E-state index contributed by atoms with van der Waals surface area (Å²) in [5.41, 5.74) is -0.846. The zero-order chi connectivity index (χ0) is 28.6. The highest BCUT2D eigenvalue weighted by atomic mass is 19.4. The molecular formula is C29H32F3N3O5. The third-order valence-corrected chi connectivity index (χ3v) is 9.14. The molecule has 2 aromatic rings. The van der Waals surface area contributed by atoms with Gasteiger partial charge in [-0.1, -0.05) is 6.07 Å². The summed E-state index contributed by atoms with van der Waals surface area (Å²) in [6.45, 7) is 4.74. The number of rotatable bonds is 6. The summed E-state index contributed by atoms with van der Waals surface area (Å²) in [4.78, 5) is 15.5. The number of halogens is 3. The molecule has 2 aliphatic heterocycles. The second-order valence-corrected chi connectivity index (χ2v) is 11.6. The first-order valence-corrected chi connectivity index (χ1v) is 13.5. The lowest BCUT2D eigenvalue weighted by Crippen LogP contribution is -2.73. The van der Waals surface area contributed by atoms with Crippen molar-refractivity contribution in [1.29, 1.82) is 0 Å². The maximum absolute atomic E-state index is 13.2. The molecule has 8 nitrogen and oxygen atoms in total. The van der Waals surface area contributed by atoms with Crippen LogP contribution in [-0.2, 0) is 16.6 Å². The minimum absolute atomic E-state index is 0.0657. The van der Waals surface area contributed by atoms with Crippen molar-refractivity contribution in [2.45, 2.75) is 69.0 Å². The summed E-state index contributed by atoms with van der Waals surface area (Å²) in [5.74, 6) is -0.310. The Morgan fingerprint density at radius 1 is 1.15 bits per heavy atom. The number of hydrogen-bond donors (Lipinski definition) is 5. The van der Waals surface area contributed by atoms with Gasteiger partial charge in [-0.25, -0.2) is 0 Å². The number of hydrogen-bond acceptors (Lipinski definition) is 7. The number of piperidine rings is 1. The summed E-state index contributed by atoms with van der Waals surface area (Å²) in [7, 11) is 0. The van der Waals surface area contributed by atoms with Crippen molar-refractivity contribution in [3.05, 3.63) is 58.9 Å². The average molecular weight is 560 g/mol. The van der Waals surface area contributed by atoms with E-state index in [-0.39, 0.29) is 40.2 Å². The minimum atomic E-state index is -4.59. The molecule has 1 saturated carbocycles. The summed E-state index contributed by atoms with van der Waals surface area (Å²) < 4.78 is 43.9. The first-order chi connectivity index (χ1) is 18.8. The van der Waals surface area contributed by atoms with Crippen LogP contribution >= 0.6 is 0 Å². The SMILES string of the molecule is C/C(C(=O)Nc1ccc(NC(F)(F)F)cc1)=C(/O)[C@@H]1Oc2c(O)ccc3c2[C@@]12CCN(CC1CC1)[C@H](C3)[C@@]2(C)O. The van der Waals surface area contributed by atoms with E-state index in [9.17, 15) is 33.3 Å². The second-order valence-electron chi connectivity index (χ2n) is 11.6. The lowest BCUT2D eigenvalue weighted by atomic mass is 9.53. The molecule has 1 saturated heterocycles. The van der Waals surface area contributed by atoms with E-state index in [2.05, 4.69) is 10.2 Å². The molecule has 214 valence electrons. The number of aliphatic hydroxyl groups is 2. The van der Waals surface area contributed by atoms with E-state index in [0.717, 1.165) is 12.1 Å². The fourth-order valence-corrected chi connectivity index (χ4v) is 6.91. The molecule has 40 heavy (non-hydrogen) atoms. The number of carbonyl (C=O) groups is 1. The van der Waals surface area contributed by atoms with Crippen LogP contribution in [0.4, 0.5) is 24.5 Å². The van der Waals surface area contributed by atoms with Gasteiger partial charge in [0.2, 0.25) is 0 Å². The van der Waals surface area contributed by atoms with E-state index in [0.29, 0.717) is 30.9 Å². The van der Waals surface area contributed by atoms with E-state index >= 15 is 0 Å². The van der Waals surface area contributed by atoms with E-state index < -0.39 is 29.3 Å². The van der Waals surface area contributed by atoms with Crippen LogP contribution in [0, 0.1) is 5.92 Å². The van der Waals surface area contributed by atoms with Crippen LogP contribution < -0.4 is 15.4 Å². The maximum atomic E-state index is 13.2. The number of benzene rings is 2. The minimum Gasteiger partial charge on any atom is -0.508 e. The lowest BCUT2D eigenvalue weighted by Gasteiger charge is -2.59. The Labute approximate surface area is 229 Å². The molecular weight excluding hydrogens is 527 g/mol. The molecule has 6 rings (SSSR count). The van der Waals surface area contributed by atoms with Crippen LogP contribution in [0.2, 0.25) is 0 Å². The van der Waals surface area contributed by atoms with Gasteiger partial charge in [0, 0.05) is 29.5 Å². The number of nitrogens with zero attached hydrogens (tertiary/aromatic N) is 1. The van der Waals surface area contributed by atoms with Crippen molar-refractivity contribution in [3.8, 4) is 11.5 Å². The third-order valence-electron chi connectivity index (χ3n) is 9.14. The molecule has 4 aliphatic rings. The van der Waals surface area contributed by atoms with Crippen LogP contribution in [0.1, 0.15) is 44.2 Å². The van der Waals surface area contributed by atoms with Gasteiger partial charge in [-0.2, -0.15) is 13.2 Å². The first-order valence-electron chi connectivity index (χ1n) is 13.5. The molecule has 1 spiro atoms. The summed E-state index contributed by atoms with van der Waals surface area (Å²) >= 11 is 0. The van der Waals surface area contributed by atoms with Crippen molar-refractivity contribution in [2.75, 3.05) is 23.7 Å². The Kier molecular flexibility index (Phi) is 6.05. The van der Waals surface area contributed by atoms with Gasteiger partial charge in [0.05, 0.1) is 16.6 Å². The topological polar surface area (TPSA) is 114 Å². The molecule has 2 aliphatic carbocycles. The monoisotopic (exact) mass is 559 g/mol. The number of anilines is 2. The second kappa shape index (κ2) is 9.04. The number of phenolic OH excluding ortho intramolecular Hbond substituents is 1. The maximum Gasteiger partial charge on any atom is 0.482 e. The molecule has 2 aromatic carbocycles. The van der Waals surface area contributed by atoms with Crippen molar-refractivity contribution >= 4 is 17.3 Å². The van der Waals surface area contributed by atoms with Gasteiger partial charge in [-0.3, -0.25) is 15.0 Å². The number of aromatic hydroxyl groups is 1. The highest BCUT2D eigenvalue weighted by Crippen LogP contribution is 2.63. The highest BCUT2D eigenvalue weighted by molar-refractivity contribution is 6.03. The van der Waals surface area contributed by atoms with Crippen LogP contribution in [-0.4, -0.2) is 63.3 Å². The van der Waals surface area contributed by atoms with Gasteiger partial charge in [0.1, 0.15) is 5.76 Å². The van der Waals surface area contributed by atoms with Gasteiger partial charge < -0.3 is 25.4 Å². The smallest absolute Gasteiger partial charge is 0.482 e. The van der Waals surface area contributed by atoms with Crippen LogP contribution in [0.3, 0.4) is 0 Å². The predicted molar refractivity (Wildman–Crippen MR) is 141 cm³/mol. The number of carbonyl (C=O) groups excluding carboxylic acids is 1. The van der Waals surface area contributed by atoms with Gasteiger partial charge in [0.15, 0.2) is 17.6 Å². The number of amides is 1. The lowest BCUT2D eigenvalue weighted by molar-refractivity contribution is -0.153. The predicted octanol–water partition coefficient (Wildman–Crippen LogP) is 4.58. The Morgan fingerprint density at radius 3 is 2.48 bits per heavy atom. The largest absolute Gasteiger partial charge is 0.508 e. The summed E-state index contributed by atoms with van der Waals surface area (Å²) in [6, 6.07) is 8.15. The van der Waals surface area contributed by atoms with Crippen molar-refractivity contribution in [2.24, 2.45) is 5.92 Å². The number of fused-ring (bicyclic) bond motifs is 1. The highest BCUT2D eigenvalue weighted by Gasteiger charge is 2.69. The molecule has 4 atom stereocenters. The molecule has 0 unspecified atom stereocenters. The van der Waals surface area contributed by atoms with Gasteiger partial charge in [-0.05, 0) is 87.9 Å². The van der Waals surface area contributed by atoms with Crippen LogP contribution in [0.15, 0.2) is 47.7 Å². The number of aliphatic hydroxyl groups excluding tert-OH is 1. The molecule has 2 bridgehead atoms. The van der Waals surface area contributed by atoms with Crippen LogP contribution in [0.5, 0.6) is 11.5 Å². The standard InChI is InChI=1S/C29H32F3N3O5/c1-15(26(38)33-18-6-8-19(9-7-18)34-29(30,31)32)23(37)25-28-11-12-35(14-16-3-4-16)21(27(28,2)39)13-17-5-10-20(36)24(40-25)22(17)28/h5-10,16,21,25,34,36-37,39H,3-4,11-14H2,1-2H3,(H,33,38)/b23-15-/t21-,25+,27-,28+/m1/s1. The van der Waals surface area contributed by atoms with Gasteiger partial charge in [0.25, 0.3) is 5.91 Å². The molecule has 0 radical (unpaired) electrons. The normalized spacial score (nSPS) is 29.8. The Bertz CT molecular complexity index is 1390. The zero-order valence-electron chi connectivity index (χ0n) is 22.2. The van der Waals surface area contributed by atoms with Crippen molar-refractivity contribution in [1.82, 2.24) is 4.90 Å². The number of ether oxygens (including phenoxy) is 1. The fourth-order valence-electron chi connectivity index (χ4n) is 6.91. The van der Waals surface area contributed by atoms with Crippen LogP contribution in [0.25, 0.3) is 0 Å². The molecule has 1 amide bonds. The Morgan fingerprint density at radius 2 is 1.82 bits per heavy atom. The number of likely N-dealkylation sites (tertiary alicyclic amines) is 1. The molecule has 11 heteroatoms. The Hall–Kier alpha value is -3.44. The van der Waals surface area contributed by atoms with Crippen molar-refractivity contribution < 1.29 is 38.0 Å². The number of alkyl halides is 3. The molecule has 0 aromatic heterocycles. The third kappa shape index (κ3) is 4.17. The Balaban J connectivity index is 1.33. The van der Waals surface area contributed by atoms with E-state index in [4.69, 9.17) is 4.74 Å². The average Bonchev–Trinajstić information content (AvgIpc) is 3.62. The summed E-state index contributed by atoms with van der Waals surface area (Å²) in [6.07, 6.45) is -2.34. The fraction of sp³-hybridized carbons (Fsp3) is 0.483. The first kappa shape index (κ1) is 26.8. The molecule has 2 heterocycles. The van der Waals surface area contributed by atoms with Gasteiger partial charge >= 0.3 is 6.30 Å². The quantitative estimate of drug-likeness (QED) is 0.200. The summed E-state index contributed by atoms with van der Waals surface area (Å²) in [5, 5.41) is 38.5. The number of phenols is 1. The zero-order valence-corrected chi connectivity index (χ0v) is 22.2. The number of nitrogens with one attached hydrogen (secondary N) is 2. The van der Waals surface area contributed by atoms with Crippen molar-refractivity contribution in [3.63, 3.8) is 0 Å². The van der Waals surface area contributed by atoms with E-state index in [1.807, 2.05) is 6.07 Å². The van der Waals surface area contributed by atoms with Gasteiger partial charge in [-0.15, -0.1) is 0 Å².